The van der Waals surface area contributed by atoms with E-state index < -0.39 is 0 Å². The van der Waals surface area contributed by atoms with Crippen LogP contribution in [-0.4, -0.2) is 6.29 Å². The van der Waals surface area contributed by atoms with Crippen LogP contribution in [-0.2, 0) is 6.42 Å². The molecule has 1 aliphatic rings. The Hall–Kier alpha value is -1.54. The second kappa shape index (κ2) is 4.99. The summed E-state index contributed by atoms with van der Waals surface area (Å²) < 4.78 is 0. The predicted octanol–water partition coefficient (Wildman–Crippen LogP) is 4.28. The van der Waals surface area contributed by atoms with E-state index in [4.69, 9.17) is 0 Å². The highest BCUT2D eigenvalue weighted by molar-refractivity contribution is 7.99. The standard InChI is InChI=1S/C16H14OS/c17-11-14-8-4-7-13-9-10-15(18-16(13)14)12-5-2-1-3-6-12/h1-8,11,15H,9-10H2. The minimum Gasteiger partial charge on any atom is -0.298 e. The summed E-state index contributed by atoms with van der Waals surface area (Å²) in [6, 6.07) is 16.6. The normalized spacial score (nSPS) is 18.1. The maximum Gasteiger partial charge on any atom is 0.151 e. The Morgan fingerprint density at radius 3 is 2.67 bits per heavy atom. The van der Waals surface area contributed by atoms with Gasteiger partial charge in [-0.05, 0) is 24.0 Å². The van der Waals surface area contributed by atoms with Crippen molar-refractivity contribution >= 4 is 18.0 Å². The van der Waals surface area contributed by atoms with Gasteiger partial charge in [-0.25, -0.2) is 0 Å². The van der Waals surface area contributed by atoms with Gasteiger partial charge in [0.2, 0.25) is 0 Å². The number of carbonyl (C=O) groups is 1. The molecule has 0 spiro atoms. The molecule has 0 saturated heterocycles. The SMILES string of the molecule is O=Cc1cccc2c1SC(c1ccccc1)CC2. The molecule has 1 heterocycles. The second-order valence-corrected chi connectivity index (χ2v) is 5.72. The van der Waals surface area contributed by atoms with Gasteiger partial charge in [-0.1, -0.05) is 48.5 Å². The number of fused-ring (bicyclic) bond motifs is 1. The van der Waals surface area contributed by atoms with Gasteiger partial charge in [0.1, 0.15) is 0 Å². The van der Waals surface area contributed by atoms with E-state index in [2.05, 4.69) is 30.3 Å². The van der Waals surface area contributed by atoms with Gasteiger partial charge in [-0.3, -0.25) is 4.79 Å². The number of carbonyl (C=O) groups excluding carboxylic acids is 1. The lowest BCUT2D eigenvalue weighted by Gasteiger charge is -2.25. The summed E-state index contributed by atoms with van der Waals surface area (Å²) in [5.41, 5.74) is 3.50. The summed E-state index contributed by atoms with van der Waals surface area (Å²) in [5.74, 6) is 0. The van der Waals surface area contributed by atoms with E-state index in [-0.39, 0.29) is 0 Å². The lowest BCUT2D eigenvalue weighted by Crippen LogP contribution is -2.06. The average molecular weight is 254 g/mol. The van der Waals surface area contributed by atoms with E-state index in [1.807, 2.05) is 30.0 Å². The molecule has 0 aromatic heterocycles. The van der Waals surface area contributed by atoms with Crippen molar-refractivity contribution < 1.29 is 4.79 Å². The quantitative estimate of drug-likeness (QED) is 0.744. The number of hydrogen-bond donors (Lipinski definition) is 0. The number of rotatable bonds is 2. The highest BCUT2D eigenvalue weighted by Crippen LogP contribution is 2.45. The van der Waals surface area contributed by atoms with E-state index in [0.29, 0.717) is 5.25 Å². The molecule has 0 saturated carbocycles. The lowest BCUT2D eigenvalue weighted by atomic mass is 10.0. The Bertz CT molecular complexity index is 563. The average Bonchev–Trinajstić information content (AvgIpc) is 2.47. The van der Waals surface area contributed by atoms with Crippen LogP contribution >= 0.6 is 11.8 Å². The molecule has 18 heavy (non-hydrogen) atoms. The Labute approximate surface area is 111 Å². The van der Waals surface area contributed by atoms with E-state index in [1.54, 1.807) is 0 Å². The highest BCUT2D eigenvalue weighted by atomic mass is 32.2. The Morgan fingerprint density at radius 2 is 1.89 bits per heavy atom. The topological polar surface area (TPSA) is 17.1 Å². The molecule has 1 atom stereocenters. The largest absolute Gasteiger partial charge is 0.298 e. The number of benzene rings is 2. The fourth-order valence-corrected chi connectivity index (χ4v) is 3.82. The van der Waals surface area contributed by atoms with E-state index in [0.717, 1.165) is 24.7 Å². The lowest BCUT2D eigenvalue weighted by molar-refractivity contribution is 0.112. The summed E-state index contributed by atoms with van der Waals surface area (Å²) in [5, 5.41) is 0.472. The molecular formula is C16H14OS. The van der Waals surface area contributed by atoms with Crippen molar-refractivity contribution in [2.24, 2.45) is 0 Å². The number of aryl methyl sites for hydroxylation is 1. The van der Waals surface area contributed by atoms with Crippen molar-refractivity contribution in [1.29, 1.82) is 0 Å². The minimum atomic E-state index is 0.472. The fourth-order valence-electron chi connectivity index (χ4n) is 2.43. The van der Waals surface area contributed by atoms with E-state index >= 15 is 0 Å². The van der Waals surface area contributed by atoms with E-state index in [9.17, 15) is 4.79 Å². The summed E-state index contributed by atoms with van der Waals surface area (Å²) in [7, 11) is 0. The van der Waals surface area contributed by atoms with Gasteiger partial charge in [0, 0.05) is 15.7 Å². The first-order chi connectivity index (χ1) is 8.88. The molecule has 0 aliphatic carbocycles. The molecule has 90 valence electrons. The zero-order valence-electron chi connectivity index (χ0n) is 10.0. The molecule has 0 fully saturated rings. The molecule has 2 aromatic carbocycles. The van der Waals surface area contributed by atoms with Crippen LogP contribution in [0.3, 0.4) is 0 Å². The molecule has 3 rings (SSSR count). The maximum absolute atomic E-state index is 11.1. The zero-order chi connectivity index (χ0) is 12.4. The summed E-state index contributed by atoms with van der Waals surface area (Å²) >= 11 is 1.83. The Kier molecular flexibility index (Phi) is 3.20. The molecule has 1 unspecified atom stereocenters. The van der Waals surface area contributed by atoms with Crippen molar-refractivity contribution in [1.82, 2.24) is 0 Å². The third-order valence-corrected chi connectivity index (χ3v) is 4.89. The Morgan fingerprint density at radius 1 is 1.06 bits per heavy atom. The molecule has 0 bridgehead atoms. The summed E-state index contributed by atoms with van der Waals surface area (Å²) in [6.07, 6.45) is 3.17. The predicted molar refractivity (Wildman–Crippen MR) is 75.2 cm³/mol. The number of thioether (sulfide) groups is 1. The molecule has 2 aromatic rings. The van der Waals surface area contributed by atoms with Gasteiger partial charge in [0.25, 0.3) is 0 Å². The molecular weight excluding hydrogens is 240 g/mol. The van der Waals surface area contributed by atoms with Crippen molar-refractivity contribution in [3.05, 3.63) is 65.2 Å². The van der Waals surface area contributed by atoms with Crippen molar-refractivity contribution in [2.45, 2.75) is 23.0 Å². The first-order valence-corrected chi connectivity index (χ1v) is 7.05. The zero-order valence-corrected chi connectivity index (χ0v) is 10.8. The Balaban J connectivity index is 1.95. The highest BCUT2D eigenvalue weighted by Gasteiger charge is 2.22. The number of aldehydes is 1. The van der Waals surface area contributed by atoms with Crippen LogP contribution in [0.2, 0.25) is 0 Å². The fraction of sp³-hybridized carbons (Fsp3) is 0.188. The van der Waals surface area contributed by atoms with Gasteiger partial charge in [0.15, 0.2) is 6.29 Å². The summed E-state index contributed by atoms with van der Waals surface area (Å²) in [4.78, 5) is 12.3. The van der Waals surface area contributed by atoms with Gasteiger partial charge in [0.05, 0.1) is 0 Å². The second-order valence-electron chi connectivity index (χ2n) is 4.51. The van der Waals surface area contributed by atoms with E-state index in [1.165, 1.54) is 16.0 Å². The summed E-state index contributed by atoms with van der Waals surface area (Å²) in [6.45, 7) is 0. The van der Waals surface area contributed by atoms with Crippen LogP contribution in [0.25, 0.3) is 0 Å². The smallest absolute Gasteiger partial charge is 0.151 e. The monoisotopic (exact) mass is 254 g/mol. The first-order valence-electron chi connectivity index (χ1n) is 6.17. The van der Waals surface area contributed by atoms with Crippen LogP contribution in [0.5, 0.6) is 0 Å². The molecule has 1 nitrogen and oxygen atoms in total. The molecule has 2 heteroatoms. The van der Waals surface area contributed by atoms with Crippen LogP contribution in [0.15, 0.2) is 53.4 Å². The van der Waals surface area contributed by atoms with Crippen LogP contribution < -0.4 is 0 Å². The minimum absolute atomic E-state index is 0.472. The van der Waals surface area contributed by atoms with Gasteiger partial charge >= 0.3 is 0 Å². The number of hydrogen-bond acceptors (Lipinski definition) is 2. The maximum atomic E-state index is 11.1. The molecule has 0 amide bonds. The first kappa shape index (κ1) is 11.5. The van der Waals surface area contributed by atoms with Crippen LogP contribution in [0.1, 0.15) is 33.2 Å². The third kappa shape index (κ3) is 2.08. The van der Waals surface area contributed by atoms with Crippen LogP contribution in [0, 0.1) is 0 Å². The van der Waals surface area contributed by atoms with Crippen molar-refractivity contribution in [3.63, 3.8) is 0 Å². The third-order valence-electron chi connectivity index (χ3n) is 3.36. The van der Waals surface area contributed by atoms with Crippen molar-refractivity contribution in [2.75, 3.05) is 0 Å². The molecule has 0 radical (unpaired) electrons. The van der Waals surface area contributed by atoms with Crippen molar-refractivity contribution in [3.8, 4) is 0 Å². The van der Waals surface area contributed by atoms with Gasteiger partial charge in [-0.15, -0.1) is 11.8 Å². The van der Waals surface area contributed by atoms with Gasteiger partial charge in [-0.2, -0.15) is 0 Å². The molecule has 0 N–H and O–H groups in total. The van der Waals surface area contributed by atoms with Crippen LogP contribution in [0.4, 0.5) is 0 Å². The van der Waals surface area contributed by atoms with Gasteiger partial charge < -0.3 is 0 Å². The molecule has 1 aliphatic heterocycles.